The molecule has 0 aliphatic heterocycles. The van der Waals surface area contributed by atoms with Gasteiger partial charge in [-0.2, -0.15) is 16.4 Å². The monoisotopic (exact) mass is 352 g/mol. The molecule has 6 heteroatoms. The summed E-state index contributed by atoms with van der Waals surface area (Å²) < 4.78 is 6.42. The van der Waals surface area contributed by atoms with Crippen molar-refractivity contribution in [1.29, 1.82) is 0 Å². The van der Waals surface area contributed by atoms with Crippen molar-refractivity contribution in [1.82, 2.24) is 5.43 Å². The molecule has 1 heterocycles. The minimum Gasteiger partial charge on any atom is -0.483 e. The first-order valence-electron chi connectivity index (χ1n) is 5.88. The van der Waals surface area contributed by atoms with Crippen LogP contribution in [-0.2, 0) is 4.79 Å². The van der Waals surface area contributed by atoms with Crippen molar-refractivity contribution in [3.05, 3.63) is 50.6 Å². The van der Waals surface area contributed by atoms with Gasteiger partial charge in [-0.15, -0.1) is 0 Å². The maximum absolute atomic E-state index is 11.6. The van der Waals surface area contributed by atoms with Crippen LogP contribution in [0.3, 0.4) is 0 Å². The molecule has 0 aliphatic carbocycles. The molecule has 1 aromatic heterocycles. The molecule has 0 fully saturated rings. The molecule has 1 aromatic carbocycles. The molecule has 20 heavy (non-hydrogen) atoms. The van der Waals surface area contributed by atoms with Crippen molar-refractivity contribution < 1.29 is 9.53 Å². The minimum atomic E-state index is -0.293. The molecule has 0 bridgehead atoms. The maximum Gasteiger partial charge on any atom is 0.277 e. The van der Waals surface area contributed by atoms with Gasteiger partial charge in [0.15, 0.2) is 6.61 Å². The summed E-state index contributed by atoms with van der Waals surface area (Å²) in [6.07, 6.45) is 1.60. The van der Waals surface area contributed by atoms with E-state index in [1.165, 1.54) is 0 Å². The van der Waals surface area contributed by atoms with Crippen LogP contribution in [0.25, 0.3) is 0 Å². The number of hydrogen-bond acceptors (Lipinski definition) is 4. The lowest BCUT2D eigenvalue weighted by atomic mass is 10.2. The van der Waals surface area contributed by atoms with Gasteiger partial charge < -0.3 is 4.74 Å². The second-order valence-electron chi connectivity index (χ2n) is 4.05. The average Bonchev–Trinajstić information content (AvgIpc) is 2.91. The molecule has 4 nitrogen and oxygen atoms in total. The molecule has 1 N–H and O–H groups in total. The first-order valence-corrected chi connectivity index (χ1v) is 7.62. The Labute approximate surface area is 129 Å². The Bertz CT molecular complexity index is 612. The Kier molecular flexibility index (Phi) is 5.31. The van der Waals surface area contributed by atoms with Gasteiger partial charge in [-0.3, -0.25) is 4.79 Å². The number of nitrogens with one attached hydrogen (secondary N) is 1. The Morgan fingerprint density at radius 1 is 1.50 bits per heavy atom. The van der Waals surface area contributed by atoms with Gasteiger partial charge in [0.1, 0.15) is 5.75 Å². The van der Waals surface area contributed by atoms with E-state index in [0.29, 0.717) is 5.75 Å². The first-order chi connectivity index (χ1) is 9.65. The summed E-state index contributed by atoms with van der Waals surface area (Å²) in [7, 11) is 0. The van der Waals surface area contributed by atoms with Crippen LogP contribution in [-0.4, -0.2) is 18.7 Å². The number of hydrazone groups is 1. The SMILES string of the molecule is Cc1cc(Br)ccc1OCC(=O)N/N=C/c1ccsc1. The zero-order chi connectivity index (χ0) is 14.4. The Hall–Kier alpha value is -1.66. The van der Waals surface area contributed by atoms with E-state index in [-0.39, 0.29) is 12.5 Å². The number of thiophene rings is 1. The Morgan fingerprint density at radius 3 is 3.05 bits per heavy atom. The number of hydrogen-bond donors (Lipinski definition) is 1. The fraction of sp³-hybridized carbons (Fsp3) is 0.143. The molecule has 0 saturated carbocycles. The number of nitrogens with zero attached hydrogens (tertiary/aromatic N) is 1. The van der Waals surface area contributed by atoms with Crippen molar-refractivity contribution in [3.8, 4) is 5.75 Å². The van der Waals surface area contributed by atoms with Gasteiger partial charge in [0.2, 0.25) is 0 Å². The van der Waals surface area contributed by atoms with Gasteiger partial charge in [0.25, 0.3) is 5.91 Å². The molecule has 0 unspecified atom stereocenters. The zero-order valence-electron chi connectivity index (χ0n) is 10.8. The largest absolute Gasteiger partial charge is 0.483 e. The summed E-state index contributed by atoms with van der Waals surface area (Å²) in [6, 6.07) is 7.54. The second kappa shape index (κ2) is 7.21. The van der Waals surface area contributed by atoms with E-state index < -0.39 is 0 Å². The molecular weight excluding hydrogens is 340 g/mol. The summed E-state index contributed by atoms with van der Waals surface area (Å²) in [4.78, 5) is 11.6. The smallest absolute Gasteiger partial charge is 0.277 e. The second-order valence-corrected chi connectivity index (χ2v) is 5.74. The van der Waals surface area contributed by atoms with Crippen LogP contribution in [0.1, 0.15) is 11.1 Å². The van der Waals surface area contributed by atoms with E-state index in [4.69, 9.17) is 4.74 Å². The number of halogens is 1. The molecule has 104 valence electrons. The number of rotatable bonds is 5. The summed E-state index contributed by atoms with van der Waals surface area (Å²) in [5, 5.41) is 7.75. The number of carbonyl (C=O) groups excluding carboxylic acids is 1. The van der Waals surface area contributed by atoms with Gasteiger partial charge in [0.05, 0.1) is 6.21 Å². The van der Waals surface area contributed by atoms with Crippen LogP contribution in [0, 0.1) is 6.92 Å². The van der Waals surface area contributed by atoms with Crippen LogP contribution in [0.5, 0.6) is 5.75 Å². The molecule has 0 radical (unpaired) electrons. The number of amides is 1. The highest BCUT2D eigenvalue weighted by molar-refractivity contribution is 9.10. The predicted molar refractivity (Wildman–Crippen MR) is 84.4 cm³/mol. The van der Waals surface area contributed by atoms with Crippen molar-refractivity contribution in [2.75, 3.05) is 6.61 Å². The number of aryl methyl sites for hydroxylation is 1. The van der Waals surface area contributed by atoms with E-state index in [9.17, 15) is 4.79 Å². The molecule has 0 spiro atoms. The summed E-state index contributed by atoms with van der Waals surface area (Å²) in [6.45, 7) is 1.86. The van der Waals surface area contributed by atoms with Crippen molar-refractivity contribution in [2.24, 2.45) is 5.10 Å². The van der Waals surface area contributed by atoms with E-state index in [0.717, 1.165) is 15.6 Å². The van der Waals surface area contributed by atoms with E-state index in [1.807, 2.05) is 41.9 Å². The van der Waals surface area contributed by atoms with E-state index in [2.05, 4.69) is 26.5 Å². The first kappa shape index (κ1) is 14.7. The van der Waals surface area contributed by atoms with E-state index >= 15 is 0 Å². The lowest BCUT2D eigenvalue weighted by Gasteiger charge is -2.08. The third-order valence-corrected chi connectivity index (χ3v) is 3.64. The molecule has 0 atom stereocenters. The minimum absolute atomic E-state index is 0.0660. The highest BCUT2D eigenvalue weighted by atomic mass is 79.9. The average molecular weight is 353 g/mol. The van der Waals surface area contributed by atoms with Crippen LogP contribution in [0.15, 0.2) is 44.6 Å². The fourth-order valence-electron chi connectivity index (χ4n) is 1.48. The van der Waals surface area contributed by atoms with Gasteiger partial charge in [-0.05, 0) is 47.5 Å². The predicted octanol–water partition coefficient (Wildman–Crippen LogP) is 3.35. The summed E-state index contributed by atoms with van der Waals surface area (Å²) >= 11 is 4.95. The molecule has 2 rings (SSSR count). The lowest BCUT2D eigenvalue weighted by molar-refractivity contribution is -0.123. The summed E-state index contributed by atoms with van der Waals surface area (Å²) in [5.41, 5.74) is 4.35. The van der Waals surface area contributed by atoms with Gasteiger partial charge >= 0.3 is 0 Å². The van der Waals surface area contributed by atoms with Crippen LogP contribution >= 0.6 is 27.3 Å². The van der Waals surface area contributed by atoms with Crippen molar-refractivity contribution in [3.63, 3.8) is 0 Å². The maximum atomic E-state index is 11.6. The Morgan fingerprint density at radius 2 is 2.35 bits per heavy atom. The number of ether oxygens (including phenoxy) is 1. The molecule has 0 aliphatic rings. The topological polar surface area (TPSA) is 50.7 Å². The third kappa shape index (κ3) is 4.47. The van der Waals surface area contributed by atoms with E-state index in [1.54, 1.807) is 17.6 Å². The van der Waals surface area contributed by atoms with Crippen molar-refractivity contribution in [2.45, 2.75) is 6.92 Å². The van der Waals surface area contributed by atoms with Crippen LogP contribution in [0.4, 0.5) is 0 Å². The molecular formula is C14H13BrN2O2S. The normalized spacial score (nSPS) is 10.7. The number of carbonyl (C=O) groups is 1. The third-order valence-electron chi connectivity index (χ3n) is 2.44. The quantitative estimate of drug-likeness (QED) is 0.662. The highest BCUT2D eigenvalue weighted by Gasteiger charge is 2.04. The Balaban J connectivity index is 1.80. The van der Waals surface area contributed by atoms with Gasteiger partial charge in [-0.1, -0.05) is 15.9 Å². The standard InChI is InChI=1S/C14H13BrN2O2S/c1-10-6-12(15)2-3-13(10)19-8-14(18)17-16-7-11-4-5-20-9-11/h2-7,9H,8H2,1H3,(H,17,18)/b16-7+. The molecule has 1 amide bonds. The highest BCUT2D eigenvalue weighted by Crippen LogP contribution is 2.21. The number of benzene rings is 1. The molecule has 0 saturated heterocycles. The van der Waals surface area contributed by atoms with Crippen molar-refractivity contribution >= 4 is 39.4 Å². The molecule has 2 aromatic rings. The van der Waals surface area contributed by atoms with Gasteiger partial charge in [0, 0.05) is 10.0 Å². The fourth-order valence-corrected chi connectivity index (χ4v) is 2.56. The summed E-state index contributed by atoms with van der Waals surface area (Å²) in [5.74, 6) is 0.393. The van der Waals surface area contributed by atoms with Crippen LogP contribution < -0.4 is 10.2 Å². The van der Waals surface area contributed by atoms with Crippen LogP contribution in [0.2, 0.25) is 0 Å². The lowest BCUT2D eigenvalue weighted by Crippen LogP contribution is -2.24. The van der Waals surface area contributed by atoms with Gasteiger partial charge in [-0.25, -0.2) is 5.43 Å². The zero-order valence-corrected chi connectivity index (χ0v) is 13.2.